The molecule has 7 fully saturated rings. The number of nitrogens with one attached hydrogen (secondary N) is 3. The first-order valence-electron chi connectivity index (χ1n) is 42.7. The maximum absolute atomic E-state index is 13.9. The zero-order chi connectivity index (χ0) is 83.8. The van der Waals surface area contributed by atoms with Crippen LogP contribution >= 0.6 is 14.5 Å². The normalized spacial score (nSPS) is 33.6. The Hall–Kier alpha value is -3.32. The SMILES string of the molecule is COP(O)(=S)OCC1CC(OP(=O)(O)OCC2C[C@@H](O)CN2C(=O)CCCCCCC(=O)C(CCCCNC(=O)CCCCOC2OC(CO)C(O)C(O)C2O)NC(=O)CCCCOC2OC(CO)C(O)C(O)C2O)CN1C(=O)CCCCCNC(=O)OC1CC[C@@]2(C)C(=CCC3C4CCC([C@H](C)CCCC(C)C)[C@@]4(C)CCC32)C1. The first-order valence-corrected chi connectivity index (χ1v) is 46.8. The number of nitrogens with zero attached hydrogens (tertiary/aromatic N) is 2. The van der Waals surface area contributed by atoms with E-state index in [1.165, 1.54) is 67.4 Å². The molecular formula is C80H139N5O27P2S. The van der Waals surface area contributed by atoms with Crippen LogP contribution in [-0.4, -0.2) is 272 Å². The van der Waals surface area contributed by atoms with Gasteiger partial charge >= 0.3 is 20.6 Å². The Bertz CT molecular complexity index is 3190. The molecule has 0 aromatic carbocycles. The molecule has 5 amide bonds. The number of Topliss-reactive ketones (excluding diaryl/α,β-unsaturated/α-hetero) is 1. The Labute approximate surface area is 684 Å². The molecule has 115 heavy (non-hydrogen) atoms. The van der Waals surface area contributed by atoms with E-state index < -0.39 is 138 Å². The molecule has 0 radical (unpaired) electrons. The highest BCUT2D eigenvalue weighted by Gasteiger charge is 2.60. The van der Waals surface area contributed by atoms with E-state index in [0.29, 0.717) is 101 Å². The van der Waals surface area contributed by atoms with Crippen LogP contribution in [0.2, 0.25) is 0 Å². The quantitative estimate of drug-likeness (QED) is 0.0181. The summed E-state index contributed by atoms with van der Waals surface area (Å²) < 4.78 is 63.1. The average Bonchev–Trinajstić information content (AvgIpc) is 1.67. The number of β-amino-alcohol motifs (C(OH)–C–C–N with tert-alkyl or cyclic N) is 1. The summed E-state index contributed by atoms with van der Waals surface area (Å²) >= 11 is 5.06. The van der Waals surface area contributed by atoms with Crippen LogP contribution in [0.1, 0.15) is 240 Å². The van der Waals surface area contributed by atoms with Gasteiger partial charge in [0.05, 0.1) is 56.8 Å². The summed E-state index contributed by atoms with van der Waals surface area (Å²) in [5.41, 5.74) is 2.03. The lowest BCUT2D eigenvalue weighted by Gasteiger charge is -2.58. The molecule has 35 heteroatoms. The fourth-order valence-corrected chi connectivity index (χ4v) is 21.1. The fourth-order valence-electron chi connectivity index (χ4n) is 19.5. The molecule has 8 aliphatic rings. The smallest absolute Gasteiger partial charge is 0.446 e. The molecule has 4 heterocycles. The van der Waals surface area contributed by atoms with Gasteiger partial charge in [0.1, 0.15) is 54.9 Å². The molecule has 25 atom stereocenters. The van der Waals surface area contributed by atoms with Crippen molar-refractivity contribution < 1.29 is 131 Å². The number of carbonyl (C=O) groups excluding carboxylic acids is 6. The van der Waals surface area contributed by atoms with E-state index in [9.17, 15) is 89.1 Å². The van der Waals surface area contributed by atoms with E-state index in [0.717, 1.165) is 55.3 Å². The molecule has 0 aromatic heterocycles. The van der Waals surface area contributed by atoms with Crippen LogP contribution in [0.25, 0.3) is 0 Å². The minimum atomic E-state index is -4.86. The molecule has 0 spiro atoms. The number of unbranched alkanes of at least 4 members (excludes halogenated alkanes) is 8. The molecule has 4 saturated heterocycles. The highest BCUT2D eigenvalue weighted by molar-refractivity contribution is 8.07. The van der Waals surface area contributed by atoms with Gasteiger partial charge in [-0.05, 0) is 187 Å². The lowest BCUT2D eigenvalue weighted by atomic mass is 9.47. The van der Waals surface area contributed by atoms with E-state index in [1.807, 2.05) is 0 Å². The van der Waals surface area contributed by atoms with Crippen LogP contribution in [0.15, 0.2) is 11.6 Å². The molecule has 21 unspecified atom stereocenters. The number of fused-ring (bicyclic) bond motifs is 5. The van der Waals surface area contributed by atoms with Crippen LogP contribution in [0.5, 0.6) is 0 Å². The number of phosphoric ester groups is 1. The van der Waals surface area contributed by atoms with Crippen LogP contribution in [-0.2, 0) is 82.1 Å². The zero-order valence-electron chi connectivity index (χ0n) is 68.6. The molecule has 662 valence electrons. The van der Waals surface area contributed by atoms with E-state index in [-0.39, 0.29) is 126 Å². The molecule has 3 saturated carbocycles. The Morgan fingerprint density at radius 3 is 1.81 bits per heavy atom. The Balaban J connectivity index is 0.717. The van der Waals surface area contributed by atoms with E-state index in [2.05, 4.69) is 56.6 Å². The van der Waals surface area contributed by atoms with Crippen molar-refractivity contribution in [3.05, 3.63) is 11.6 Å². The minimum absolute atomic E-state index is 0.000504. The predicted molar refractivity (Wildman–Crippen MR) is 425 cm³/mol. The molecule has 14 N–H and O–H groups in total. The van der Waals surface area contributed by atoms with Crippen molar-refractivity contribution in [2.75, 3.05) is 72.9 Å². The third-order valence-electron chi connectivity index (χ3n) is 26.0. The van der Waals surface area contributed by atoms with Gasteiger partial charge in [-0.15, -0.1) is 0 Å². The van der Waals surface area contributed by atoms with E-state index in [4.69, 9.17) is 53.6 Å². The number of rotatable bonds is 49. The summed E-state index contributed by atoms with van der Waals surface area (Å²) in [6.45, 7) is 7.29. The summed E-state index contributed by atoms with van der Waals surface area (Å²) in [7, 11) is -3.66. The number of carbonyl (C=O) groups is 6. The summed E-state index contributed by atoms with van der Waals surface area (Å²) in [5, 5.41) is 98.9. The maximum Gasteiger partial charge on any atom is 0.472 e. The fraction of sp³-hybridized carbons (Fsp3) is 0.900. The number of ketones is 1. The highest BCUT2D eigenvalue weighted by atomic mass is 32.5. The van der Waals surface area contributed by atoms with Crippen molar-refractivity contribution in [2.24, 2.45) is 46.3 Å². The topological polar surface area (TPSA) is 468 Å². The third kappa shape index (κ3) is 28.4. The van der Waals surface area contributed by atoms with Gasteiger partial charge in [-0.2, -0.15) is 0 Å². The number of ether oxygens (including phenoxy) is 5. The van der Waals surface area contributed by atoms with Crippen molar-refractivity contribution in [1.82, 2.24) is 25.8 Å². The number of aliphatic hydroxyl groups excluding tert-OH is 9. The first kappa shape index (κ1) is 97.1. The number of allylic oxidation sites excluding steroid dienone is 1. The summed E-state index contributed by atoms with van der Waals surface area (Å²) in [4.78, 5) is 105. The Morgan fingerprint density at radius 1 is 0.609 bits per heavy atom. The predicted octanol–water partition coefficient (Wildman–Crippen LogP) is 6.28. The maximum atomic E-state index is 13.9. The van der Waals surface area contributed by atoms with Crippen LogP contribution < -0.4 is 16.0 Å². The highest BCUT2D eigenvalue weighted by Crippen LogP contribution is 2.67. The number of hydrogen-bond donors (Lipinski definition) is 14. The van der Waals surface area contributed by atoms with Crippen molar-refractivity contribution in [3.8, 4) is 0 Å². The molecule has 4 aliphatic carbocycles. The van der Waals surface area contributed by atoms with Gasteiger partial charge in [0.25, 0.3) is 0 Å². The second-order valence-corrected chi connectivity index (χ2v) is 39.0. The molecule has 4 aliphatic heterocycles. The van der Waals surface area contributed by atoms with Gasteiger partial charge in [-0.25, -0.2) is 9.36 Å². The van der Waals surface area contributed by atoms with Gasteiger partial charge in [0.15, 0.2) is 18.4 Å². The molecular weight excluding hydrogens is 1560 g/mol. The van der Waals surface area contributed by atoms with Crippen molar-refractivity contribution in [2.45, 2.75) is 338 Å². The molecule has 32 nitrogen and oxygen atoms in total. The van der Waals surface area contributed by atoms with E-state index >= 15 is 0 Å². The lowest BCUT2D eigenvalue weighted by Crippen LogP contribution is -2.59. The monoisotopic (exact) mass is 1700 g/mol. The lowest BCUT2D eigenvalue weighted by molar-refractivity contribution is -0.301. The van der Waals surface area contributed by atoms with Gasteiger partial charge in [0, 0.05) is 85.0 Å². The van der Waals surface area contributed by atoms with Crippen LogP contribution in [0.3, 0.4) is 0 Å². The molecule has 0 aromatic rings. The average molecular weight is 1700 g/mol. The number of amides is 5. The Kier molecular flexibility index (Phi) is 39.5. The second-order valence-electron chi connectivity index (χ2n) is 34.7. The summed E-state index contributed by atoms with van der Waals surface area (Å²) in [5.74, 6) is 3.04. The number of aliphatic hydroxyl groups is 9. The van der Waals surface area contributed by atoms with Crippen molar-refractivity contribution in [1.29, 1.82) is 0 Å². The summed E-state index contributed by atoms with van der Waals surface area (Å²) in [6.07, 6.45) is 5.55. The summed E-state index contributed by atoms with van der Waals surface area (Å²) in [6, 6.07) is -2.35. The largest absolute Gasteiger partial charge is 0.472 e. The number of likely N-dealkylation sites (tertiary alicyclic amines) is 2. The third-order valence-corrected chi connectivity index (χ3v) is 28.8. The number of alkyl carbamates (subject to hydrolysis) is 1. The molecule has 0 bridgehead atoms. The standard InChI is InChI=1S/C80H139N5O27P2S/c1-50(2)21-20-22-51(3)59-31-32-60-58-30-29-52-41-56(33-35-79(52,4)61(58)34-36-80(59,60)5)109-78(100)82-38-16-9-12-28-69(93)85-45-57(43-54(85)49-108-114(103,115)104-6)112-113(101,102)107-48-53-42-55(88)44-84(53)68(92)27-11-8-7-10-24-63(89)62(83-67(91)26-15-19-40-106-77-75(99)73(97)71(95)65(47-87)111-77)23-13-17-37-81-66(90)25-14-18-39-105-76-74(98)72(96)70(94)64(46-86)110-76/h29,50-51,53-62,64-65,70-77,86-88,94-99H,7-28,30-49H2,1-6H3,(H,81,90)(H,82,100)(H,83,91)(H,101,102)(H,103,115)/t51-,53?,54?,55-,56?,57?,58?,59?,60?,61?,62?,64?,65?,70?,71?,72?,73?,74?,75?,76?,77?,79+,80-,114?/m1/s1. The van der Waals surface area contributed by atoms with E-state index in [1.54, 1.807) is 0 Å². The van der Waals surface area contributed by atoms with Gasteiger partial charge < -0.3 is 114 Å². The number of phosphoric acid groups is 1. The molecule has 8 rings (SSSR count). The van der Waals surface area contributed by atoms with Crippen molar-refractivity contribution in [3.63, 3.8) is 0 Å². The minimum Gasteiger partial charge on any atom is -0.446 e. The second kappa shape index (κ2) is 46.8. The zero-order valence-corrected chi connectivity index (χ0v) is 71.2. The van der Waals surface area contributed by atoms with Gasteiger partial charge in [-0.1, -0.05) is 84.8 Å². The van der Waals surface area contributed by atoms with Gasteiger partial charge in [0.2, 0.25) is 23.6 Å². The van der Waals surface area contributed by atoms with Crippen molar-refractivity contribution >= 4 is 61.9 Å². The number of hydrogen-bond acceptors (Lipinski definition) is 26. The van der Waals surface area contributed by atoms with Gasteiger partial charge in [-0.3, -0.25) is 33.0 Å². The van der Waals surface area contributed by atoms with Crippen LogP contribution in [0.4, 0.5) is 4.79 Å². The van der Waals surface area contributed by atoms with Crippen LogP contribution in [0, 0.1) is 46.3 Å². The Morgan fingerprint density at radius 2 is 1.18 bits per heavy atom. The first-order chi connectivity index (χ1) is 54.7.